The molecule has 1 unspecified atom stereocenters. The Hall–Kier alpha value is 0.670. The molecule has 0 aliphatic heterocycles. The molecule has 0 amide bonds. The third kappa shape index (κ3) is 2.88. The Morgan fingerprint density at radius 3 is 2.00 bits per heavy atom. The normalized spacial score (nSPS) is 13.8. The van der Waals surface area contributed by atoms with E-state index in [2.05, 4.69) is 19.2 Å². The third-order valence-corrected chi connectivity index (χ3v) is 1.32. The highest BCUT2D eigenvalue weighted by Crippen LogP contribution is 2.13. The first-order chi connectivity index (χ1) is 2.64. The van der Waals surface area contributed by atoms with Crippen LogP contribution in [0.1, 0.15) is 0 Å². The molecule has 3 heteroatoms. The molecule has 0 N–H and O–H groups in total. The monoisotopic (exact) mass is 142 g/mol. The molecule has 0 aromatic carbocycles. The van der Waals surface area contributed by atoms with Crippen LogP contribution in [-0.2, 0) is 0 Å². The van der Waals surface area contributed by atoms with Gasteiger partial charge in [0.2, 0.25) is 0 Å². The molecule has 1 atom stereocenters. The SMILES string of the molecule is C=C(Cl)C(S)Cl. The molecule has 0 rings (SSSR count). The maximum absolute atomic E-state index is 5.25. The summed E-state index contributed by atoms with van der Waals surface area (Å²) in [5.41, 5.74) is 0. The molecular formula is C3H4Cl2S. The minimum Gasteiger partial charge on any atom is -0.154 e. The lowest BCUT2D eigenvalue weighted by Crippen LogP contribution is -1.79. The van der Waals surface area contributed by atoms with E-state index in [9.17, 15) is 0 Å². The van der Waals surface area contributed by atoms with Gasteiger partial charge in [0, 0.05) is 5.03 Å². The smallest absolute Gasteiger partial charge is 0.111 e. The van der Waals surface area contributed by atoms with Crippen LogP contribution in [0.3, 0.4) is 0 Å². The second kappa shape index (κ2) is 2.78. The summed E-state index contributed by atoms with van der Waals surface area (Å²) in [5, 5.41) is 0.361. The van der Waals surface area contributed by atoms with Gasteiger partial charge in [0.15, 0.2) is 0 Å². The number of thiol groups is 1. The fourth-order valence-corrected chi connectivity index (χ4v) is 0. The van der Waals surface area contributed by atoms with Crippen LogP contribution < -0.4 is 0 Å². The second-order valence-corrected chi connectivity index (χ2v) is 2.53. The Balaban J connectivity index is 3.26. The first-order valence-electron chi connectivity index (χ1n) is 1.31. The lowest BCUT2D eigenvalue weighted by molar-refractivity contribution is 1.61. The lowest BCUT2D eigenvalue weighted by Gasteiger charge is -1.91. The average molecular weight is 143 g/mol. The molecule has 0 nitrogen and oxygen atoms in total. The van der Waals surface area contributed by atoms with E-state index in [1.54, 1.807) is 0 Å². The topological polar surface area (TPSA) is 0 Å². The Morgan fingerprint density at radius 2 is 2.00 bits per heavy atom. The maximum Gasteiger partial charge on any atom is 0.111 e. The zero-order chi connectivity index (χ0) is 5.15. The highest BCUT2D eigenvalue weighted by atomic mass is 35.5. The Bertz CT molecular complexity index is 59.8. The predicted molar refractivity (Wildman–Crippen MR) is 33.6 cm³/mol. The molecule has 0 bridgehead atoms. The van der Waals surface area contributed by atoms with Gasteiger partial charge in [-0.3, -0.25) is 0 Å². The van der Waals surface area contributed by atoms with Gasteiger partial charge in [-0.15, -0.1) is 11.6 Å². The molecule has 0 aromatic rings. The van der Waals surface area contributed by atoms with Gasteiger partial charge >= 0.3 is 0 Å². The molecule has 0 saturated carbocycles. The van der Waals surface area contributed by atoms with Gasteiger partial charge < -0.3 is 0 Å². The second-order valence-electron chi connectivity index (χ2n) is 0.783. The van der Waals surface area contributed by atoms with Crippen molar-refractivity contribution < 1.29 is 0 Å². The Kier molecular flexibility index (Phi) is 3.09. The summed E-state index contributed by atoms with van der Waals surface area (Å²) in [6, 6.07) is 0. The molecule has 36 valence electrons. The van der Waals surface area contributed by atoms with E-state index in [4.69, 9.17) is 23.2 Å². The van der Waals surface area contributed by atoms with Crippen LogP contribution in [0.2, 0.25) is 0 Å². The highest BCUT2D eigenvalue weighted by molar-refractivity contribution is 7.82. The summed E-state index contributed by atoms with van der Waals surface area (Å²) in [6.45, 7) is 3.31. The van der Waals surface area contributed by atoms with Crippen molar-refractivity contribution in [1.29, 1.82) is 0 Å². The summed E-state index contributed by atoms with van der Waals surface area (Å²) in [7, 11) is 0. The molecular weight excluding hydrogens is 139 g/mol. The summed E-state index contributed by atoms with van der Waals surface area (Å²) in [6.07, 6.45) is 0. The van der Waals surface area contributed by atoms with Gasteiger partial charge in [-0.1, -0.05) is 18.2 Å². The fraction of sp³-hybridized carbons (Fsp3) is 0.333. The van der Waals surface area contributed by atoms with Gasteiger partial charge in [-0.05, 0) is 0 Å². The van der Waals surface area contributed by atoms with Crippen molar-refractivity contribution in [2.75, 3.05) is 0 Å². The first kappa shape index (κ1) is 6.67. The van der Waals surface area contributed by atoms with Crippen molar-refractivity contribution in [1.82, 2.24) is 0 Å². The number of hydrogen-bond donors (Lipinski definition) is 1. The van der Waals surface area contributed by atoms with Crippen molar-refractivity contribution in [2.24, 2.45) is 0 Å². The molecule has 0 fully saturated rings. The molecule has 0 spiro atoms. The van der Waals surface area contributed by atoms with Crippen LogP contribution in [0, 0.1) is 0 Å². The Labute approximate surface area is 52.5 Å². The van der Waals surface area contributed by atoms with Gasteiger partial charge in [0.05, 0.1) is 0 Å². The van der Waals surface area contributed by atoms with Crippen LogP contribution in [-0.4, -0.2) is 4.71 Å². The summed E-state index contributed by atoms with van der Waals surface area (Å²) >= 11 is 14.2. The quantitative estimate of drug-likeness (QED) is 0.422. The zero-order valence-corrected chi connectivity index (χ0v) is 5.39. The maximum atomic E-state index is 5.25. The standard InChI is InChI=1S/C3H4Cl2S/c1-2(4)3(5)6/h3,6H,1H2. The molecule has 0 aromatic heterocycles. The van der Waals surface area contributed by atoms with Crippen LogP contribution in [0.5, 0.6) is 0 Å². The van der Waals surface area contributed by atoms with Gasteiger partial charge in [0.1, 0.15) is 4.71 Å². The lowest BCUT2D eigenvalue weighted by atomic mass is 10.7. The van der Waals surface area contributed by atoms with Crippen molar-refractivity contribution in [2.45, 2.75) is 4.71 Å². The highest BCUT2D eigenvalue weighted by Gasteiger charge is 1.94. The molecule has 6 heavy (non-hydrogen) atoms. The number of halogens is 2. The van der Waals surface area contributed by atoms with Crippen molar-refractivity contribution in [3.63, 3.8) is 0 Å². The van der Waals surface area contributed by atoms with E-state index in [1.165, 1.54) is 0 Å². The molecule has 0 aliphatic carbocycles. The predicted octanol–water partition coefficient (Wildman–Crippen LogP) is 2.23. The molecule has 0 heterocycles. The van der Waals surface area contributed by atoms with Crippen molar-refractivity contribution in [3.8, 4) is 0 Å². The number of rotatable bonds is 1. The van der Waals surface area contributed by atoms with Crippen molar-refractivity contribution >= 4 is 35.8 Å². The largest absolute Gasteiger partial charge is 0.154 e. The minimum atomic E-state index is -0.410. The summed E-state index contributed by atoms with van der Waals surface area (Å²) < 4.78 is -0.410. The van der Waals surface area contributed by atoms with E-state index in [0.29, 0.717) is 5.03 Å². The number of alkyl halides is 1. The minimum absolute atomic E-state index is 0.361. The summed E-state index contributed by atoms with van der Waals surface area (Å²) in [5.74, 6) is 0. The van der Waals surface area contributed by atoms with Crippen molar-refractivity contribution in [3.05, 3.63) is 11.6 Å². The van der Waals surface area contributed by atoms with E-state index < -0.39 is 4.71 Å². The van der Waals surface area contributed by atoms with E-state index >= 15 is 0 Å². The first-order valence-corrected chi connectivity index (χ1v) is 2.64. The van der Waals surface area contributed by atoms with Crippen LogP contribution in [0.4, 0.5) is 0 Å². The van der Waals surface area contributed by atoms with Gasteiger partial charge in [0.25, 0.3) is 0 Å². The molecule has 0 aliphatic rings. The van der Waals surface area contributed by atoms with Crippen LogP contribution >= 0.6 is 35.8 Å². The zero-order valence-electron chi connectivity index (χ0n) is 2.99. The third-order valence-electron chi connectivity index (χ3n) is 0.258. The molecule has 0 radical (unpaired) electrons. The van der Waals surface area contributed by atoms with E-state index in [-0.39, 0.29) is 0 Å². The molecule has 0 saturated heterocycles. The van der Waals surface area contributed by atoms with E-state index in [0.717, 1.165) is 0 Å². The van der Waals surface area contributed by atoms with Crippen LogP contribution in [0.15, 0.2) is 11.6 Å². The number of hydrogen-bond acceptors (Lipinski definition) is 1. The Morgan fingerprint density at radius 1 is 1.83 bits per heavy atom. The van der Waals surface area contributed by atoms with Gasteiger partial charge in [-0.25, -0.2) is 0 Å². The average Bonchev–Trinajstić information content (AvgIpc) is 1.36. The van der Waals surface area contributed by atoms with E-state index in [1.807, 2.05) is 0 Å². The van der Waals surface area contributed by atoms with Crippen LogP contribution in [0.25, 0.3) is 0 Å². The summed E-state index contributed by atoms with van der Waals surface area (Å²) in [4.78, 5) is 0. The fourth-order valence-electron chi connectivity index (χ4n) is 0. The van der Waals surface area contributed by atoms with Gasteiger partial charge in [-0.2, -0.15) is 12.6 Å².